The van der Waals surface area contributed by atoms with Crippen molar-refractivity contribution in [2.75, 3.05) is 19.7 Å². The van der Waals surface area contributed by atoms with Gasteiger partial charge in [-0.25, -0.2) is 0 Å². The quantitative estimate of drug-likeness (QED) is 0.601. The van der Waals surface area contributed by atoms with E-state index in [1.54, 1.807) is 0 Å². The van der Waals surface area contributed by atoms with Crippen LogP contribution in [0.1, 0.15) is 18.9 Å². The first-order chi connectivity index (χ1) is 8.22. The number of benzene rings is 1. The lowest BCUT2D eigenvalue weighted by Crippen LogP contribution is -2.21. The first-order valence-electron chi connectivity index (χ1n) is 5.83. The van der Waals surface area contributed by atoms with Gasteiger partial charge in [0.25, 0.3) is 0 Å². The maximum Gasteiger partial charge on any atom is 0.307 e. The molecule has 0 spiro atoms. The molecule has 0 heterocycles. The maximum atomic E-state index is 11.0. The van der Waals surface area contributed by atoms with E-state index in [2.05, 4.69) is 5.32 Å². The molecule has 0 aliphatic heterocycles. The predicted octanol–water partition coefficient (Wildman–Crippen LogP) is 2.43. The van der Waals surface area contributed by atoms with Crippen molar-refractivity contribution in [3.8, 4) is 0 Å². The molecule has 0 aromatic heterocycles. The van der Waals surface area contributed by atoms with E-state index in [-0.39, 0.29) is 5.97 Å². The van der Waals surface area contributed by atoms with Crippen molar-refractivity contribution in [3.63, 3.8) is 0 Å². The molecule has 0 bridgehead atoms. The number of halogens is 1. The Labute approximate surface area is 107 Å². The fourth-order valence-corrected chi connectivity index (χ4v) is 1.56. The van der Waals surface area contributed by atoms with E-state index in [1.165, 1.54) is 5.56 Å². The predicted molar refractivity (Wildman–Crippen MR) is 69.3 cm³/mol. The van der Waals surface area contributed by atoms with E-state index in [0.717, 1.165) is 18.0 Å². The third-order valence-electron chi connectivity index (χ3n) is 2.31. The van der Waals surface area contributed by atoms with Crippen LogP contribution in [0, 0.1) is 0 Å². The van der Waals surface area contributed by atoms with Gasteiger partial charge in [0.1, 0.15) is 0 Å². The van der Waals surface area contributed by atoms with Crippen LogP contribution in [0.4, 0.5) is 0 Å². The minimum Gasteiger partial charge on any atom is -0.466 e. The van der Waals surface area contributed by atoms with Gasteiger partial charge in [0.2, 0.25) is 0 Å². The highest BCUT2D eigenvalue weighted by Gasteiger charge is 2.00. The second-order valence-electron chi connectivity index (χ2n) is 3.68. The van der Waals surface area contributed by atoms with Crippen LogP contribution in [-0.4, -0.2) is 25.7 Å². The van der Waals surface area contributed by atoms with E-state index in [0.29, 0.717) is 19.6 Å². The number of hydrogen-bond acceptors (Lipinski definition) is 3. The highest BCUT2D eigenvalue weighted by molar-refractivity contribution is 6.30. The minimum atomic E-state index is -0.147. The average Bonchev–Trinajstić information content (AvgIpc) is 2.31. The summed E-state index contributed by atoms with van der Waals surface area (Å²) >= 11 is 5.79. The van der Waals surface area contributed by atoms with Gasteiger partial charge < -0.3 is 10.1 Å². The van der Waals surface area contributed by atoms with Gasteiger partial charge in [0.15, 0.2) is 0 Å². The van der Waals surface area contributed by atoms with Crippen LogP contribution < -0.4 is 5.32 Å². The highest BCUT2D eigenvalue weighted by Crippen LogP contribution is 2.09. The Kier molecular flexibility index (Phi) is 6.67. The molecule has 0 atom stereocenters. The topological polar surface area (TPSA) is 38.3 Å². The first kappa shape index (κ1) is 14.0. The van der Waals surface area contributed by atoms with E-state index in [4.69, 9.17) is 16.3 Å². The molecule has 0 saturated carbocycles. The van der Waals surface area contributed by atoms with E-state index < -0.39 is 0 Å². The molecule has 1 N–H and O–H groups in total. The zero-order valence-electron chi connectivity index (χ0n) is 10.0. The molecule has 0 aliphatic carbocycles. The van der Waals surface area contributed by atoms with Crippen LogP contribution in [0.25, 0.3) is 0 Å². The Morgan fingerprint density at radius 2 is 2.00 bits per heavy atom. The molecule has 0 unspecified atom stereocenters. The van der Waals surface area contributed by atoms with Crippen molar-refractivity contribution in [1.82, 2.24) is 5.32 Å². The van der Waals surface area contributed by atoms with Crippen LogP contribution in [0.2, 0.25) is 5.02 Å². The van der Waals surface area contributed by atoms with Gasteiger partial charge in [-0.2, -0.15) is 0 Å². The lowest BCUT2D eigenvalue weighted by molar-refractivity contribution is -0.142. The number of hydrogen-bond donors (Lipinski definition) is 1. The number of ether oxygens (including phenoxy) is 1. The number of rotatable bonds is 7. The Bertz CT molecular complexity index is 338. The second kappa shape index (κ2) is 8.09. The van der Waals surface area contributed by atoms with Crippen LogP contribution in [-0.2, 0) is 16.0 Å². The Morgan fingerprint density at radius 3 is 2.65 bits per heavy atom. The standard InChI is InChI=1S/C13H18ClNO2/c1-2-17-13(16)8-10-15-9-7-11-3-5-12(14)6-4-11/h3-6,15H,2,7-10H2,1H3. The van der Waals surface area contributed by atoms with Crippen molar-refractivity contribution in [3.05, 3.63) is 34.9 Å². The monoisotopic (exact) mass is 255 g/mol. The molecule has 0 radical (unpaired) electrons. The third kappa shape index (κ3) is 6.29. The largest absolute Gasteiger partial charge is 0.466 e. The molecule has 0 amide bonds. The highest BCUT2D eigenvalue weighted by atomic mass is 35.5. The van der Waals surface area contributed by atoms with Crippen molar-refractivity contribution in [2.24, 2.45) is 0 Å². The van der Waals surface area contributed by atoms with Crippen LogP contribution in [0.15, 0.2) is 24.3 Å². The second-order valence-corrected chi connectivity index (χ2v) is 4.12. The molecular formula is C13H18ClNO2. The molecule has 17 heavy (non-hydrogen) atoms. The summed E-state index contributed by atoms with van der Waals surface area (Å²) in [5.41, 5.74) is 1.23. The van der Waals surface area contributed by atoms with Crippen molar-refractivity contribution in [1.29, 1.82) is 0 Å². The molecule has 1 aromatic carbocycles. The fourth-order valence-electron chi connectivity index (χ4n) is 1.43. The summed E-state index contributed by atoms with van der Waals surface area (Å²) in [5.74, 6) is -0.147. The summed E-state index contributed by atoms with van der Waals surface area (Å²) in [6.45, 7) is 3.77. The summed E-state index contributed by atoms with van der Waals surface area (Å²) in [7, 11) is 0. The normalized spacial score (nSPS) is 10.2. The fraction of sp³-hybridized carbons (Fsp3) is 0.462. The molecule has 1 rings (SSSR count). The summed E-state index contributed by atoms with van der Waals surface area (Å²) < 4.78 is 4.83. The molecular weight excluding hydrogens is 238 g/mol. The molecule has 3 nitrogen and oxygen atoms in total. The van der Waals surface area contributed by atoms with Gasteiger partial charge in [-0.15, -0.1) is 0 Å². The van der Waals surface area contributed by atoms with Crippen LogP contribution in [0.3, 0.4) is 0 Å². The summed E-state index contributed by atoms with van der Waals surface area (Å²) in [5, 5.41) is 3.96. The number of carbonyl (C=O) groups excluding carboxylic acids is 1. The molecule has 94 valence electrons. The Balaban J connectivity index is 2.08. The number of nitrogens with one attached hydrogen (secondary N) is 1. The zero-order chi connectivity index (χ0) is 12.5. The van der Waals surface area contributed by atoms with Gasteiger partial charge in [0, 0.05) is 11.6 Å². The number of esters is 1. The van der Waals surface area contributed by atoms with E-state index in [1.807, 2.05) is 31.2 Å². The van der Waals surface area contributed by atoms with E-state index in [9.17, 15) is 4.79 Å². The lowest BCUT2D eigenvalue weighted by Gasteiger charge is -2.05. The molecule has 1 aromatic rings. The van der Waals surface area contributed by atoms with E-state index >= 15 is 0 Å². The molecule has 0 fully saturated rings. The third-order valence-corrected chi connectivity index (χ3v) is 2.57. The zero-order valence-corrected chi connectivity index (χ0v) is 10.8. The van der Waals surface area contributed by atoms with Gasteiger partial charge >= 0.3 is 5.97 Å². The Hall–Kier alpha value is -1.06. The van der Waals surface area contributed by atoms with Gasteiger partial charge in [-0.05, 0) is 37.6 Å². The molecule has 0 saturated heterocycles. The van der Waals surface area contributed by atoms with Gasteiger partial charge in [-0.1, -0.05) is 23.7 Å². The maximum absolute atomic E-state index is 11.0. The summed E-state index contributed by atoms with van der Waals surface area (Å²) in [6.07, 6.45) is 1.36. The average molecular weight is 256 g/mol. The van der Waals surface area contributed by atoms with Crippen LogP contribution >= 0.6 is 11.6 Å². The SMILES string of the molecule is CCOC(=O)CCNCCc1ccc(Cl)cc1. The van der Waals surface area contributed by atoms with Crippen molar-refractivity contribution in [2.45, 2.75) is 19.8 Å². The van der Waals surface area contributed by atoms with Crippen molar-refractivity contribution >= 4 is 17.6 Å². The number of carbonyl (C=O) groups is 1. The summed E-state index contributed by atoms with van der Waals surface area (Å²) in [4.78, 5) is 11.0. The van der Waals surface area contributed by atoms with Gasteiger partial charge in [-0.3, -0.25) is 4.79 Å². The molecule has 4 heteroatoms. The Morgan fingerprint density at radius 1 is 1.29 bits per heavy atom. The van der Waals surface area contributed by atoms with Crippen LogP contribution in [0.5, 0.6) is 0 Å². The lowest BCUT2D eigenvalue weighted by atomic mass is 10.1. The molecule has 0 aliphatic rings. The van der Waals surface area contributed by atoms with Gasteiger partial charge in [0.05, 0.1) is 13.0 Å². The summed E-state index contributed by atoms with van der Waals surface area (Å²) in [6, 6.07) is 7.79. The first-order valence-corrected chi connectivity index (χ1v) is 6.21. The van der Waals surface area contributed by atoms with Crippen molar-refractivity contribution < 1.29 is 9.53 Å². The minimum absolute atomic E-state index is 0.147. The smallest absolute Gasteiger partial charge is 0.307 e.